The van der Waals surface area contributed by atoms with Crippen LogP contribution in [0.3, 0.4) is 0 Å². The van der Waals surface area contributed by atoms with E-state index in [4.69, 9.17) is 0 Å². The van der Waals surface area contributed by atoms with Gasteiger partial charge in [0.1, 0.15) is 5.54 Å². The smallest absolute Gasteiger partial charge is 0.325 e. The van der Waals surface area contributed by atoms with Crippen LogP contribution in [0.4, 0.5) is 0 Å². The molecule has 7 heteroatoms. The van der Waals surface area contributed by atoms with E-state index in [0.717, 1.165) is 38.7 Å². The minimum absolute atomic E-state index is 0.0514. The van der Waals surface area contributed by atoms with Crippen molar-refractivity contribution in [3.63, 3.8) is 0 Å². The molecular weight excluding hydrogens is 574 g/mol. The minimum Gasteiger partial charge on any atom is -0.480 e. The fourth-order valence-electron chi connectivity index (χ4n) is 7.02. The molecule has 2 aliphatic heterocycles. The molecule has 0 saturated carbocycles. The summed E-state index contributed by atoms with van der Waals surface area (Å²) >= 11 is 0. The molecule has 1 aromatic heterocycles. The Morgan fingerprint density at radius 2 is 1.50 bits per heavy atom. The van der Waals surface area contributed by atoms with Crippen LogP contribution in [0, 0.1) is 11.8 Å². The lowest BCUT2D eigenvalue weighted by molar-refractivity contribution is -0.151. The van der Waals surface area contributed by atoms with Gasteiger partial charge in [-0.15, -0.1) is 0 Å². The van der Waals surface area contributed by atoms with Crippen molar-refractivity contribution in [3.05, 3.63) is 149 Å². The highest BCUT2D eigenvalue weighted by molar-refractivity contribution is 6.09. The van der Waals surface area contributed by atoms with Gasteiger partial charge in [-0.2, -0.15) is 0 Å². The monoisotopic (exact) mass is 607 g/mol. The van der Waals surface area contributed by atoms with Crippen molar-refractivity contribution in [3.8, 4) is 0 Å². The van der Waals surface area contributed by atoms with Gasteiger partial charge in [0, 0.05) is 37.3 Å². The zero-order chi connectivity index (χ0) is 31.7. The number of rotatable bonds is 9. The van der Waals surface area contributed by atoms with Gasteiger partial charge < -0.3 is 5.11 Å². The Morgan fingerprint density at radius 1 is 0.804 bits per heavy atom. The average Bonchev–Trinajstić information content (AvgIpc) is 3.56. The maximum atomic E-state index is 14.2. The molecule has 3 heterocycles. The number of aliphatic carboxylic acids is 1. The fraction of sp³-hybridized carbons (Fsp3) is 0.179. The van der Waals surface area contributed by atoms with Crippen molar-refractivity contribution in [2.45, 2.75) is 24.4 Å². The maximum Gasteiger partial charge on any atom is 0.325 e. The standard InChI is InChI=1S/C39H33N3O4/c43-36-33-34(37(44)42(36)23-21-32-12-6-7-22-40-32)39(38(45)46,25-28-17-18-29-10-4-5-11-31(29)24-28)41-35(33)30-19-15-27(16-20-30)14-13-26-8-2-1-3-9-26/h1-20,22,24,33-35,41H,21,23,25H2,(H,45,46). The van der Waals surface area contributed by atoms with Crippen molar-refractivity contribution in [1.29, 1.82) is 0 Å². The summed E-state index contributed by atoms with van der Waals surface area (Å²) in [5.41, 5.74) is 2.66. The molecule has 0 aliphatic carbocycles. The fourth-order valence-corrected chi connectivity index (χ4v) is 7.02. The van der Waals surface area contributed by atoms with E-state index in [-0.39, 0.29) is 18.9 Å². The third-order valence-electron chi connectivity index (χ3n) is 9.31. The highest BCUT2D eigenvalue weighted by atomic mass is 16.4. The van der Waals surface area contributed by atoms with Gasteiger partial charge in [0.05, 0.1) is 11.8 Å². The minimum atomic E-state index is -1.68. The molecule has 0 spiro atoms. The van der Waals surface area contributed by atoms with E-state index < -0.39 is 35.3 Å². The quantitative estimate of drug-likeness (QED) is 0.159. The summed E-state index contributed by atoms with van der Waals surface area (Å²) in [6.45, 7) is 0.142. The molecular formula is C39H33N3O4. The number of carbonyl (C=O) groups excluding carboxylic acids is 2. The molecule has 0 bridgehead atoms. The number of likely N-dealkylation sites (tertiary alicyclic amines) is 1. The summed E-state index contributed by atoms with van der Waals surface area (Å²) in [5, 5.41) is 16.3. The average molecular weight is 608 g/mol. The normalized spacial score (nSPS) is 22.5. The van der Waals surface area contributed by atoms with Crippen LogP contribution in [0.1, 0.15) is 34.0 Å². The molecule has 5 aromatic rings. The first-order valence-electron chi connectivity index (χ1n) is 15.5. The van der Waals surface area contributed by atoms with Crippen LogP contribution in [0.2, 0.25) is 0 Å². The number of carboxylic acid groups (broad SMARTS) is 1. The molecule has 0 radical (unpaired) electrons. The largest absolute Gasteiger partial charge is 0.480 e. The molecule has 2 N–H and O–H groups in total. The summed E-state index contributed by atoms with van der Waals surface area (Å²) in [4.78, 5) is 47.2. The number of carboxylic acids is 1. The molecule has 4 atom stereocenters. The zero-order valence-corrected chi connectivity index (χ0v) is 25.1. The zero-order valence-electron chi connectivity index (χ0n) is 25.1. The van der Waals surface area contributed by atoms with E-state index in [0.29, 0.717) is 6.42 Å². The molecule has 7 rings (SSSR count). The Kier molecular flexibility index (Phi) is 7.76. The molecule has 46 heavy (non-hydrogen) atoms. The van der Waals surface area contributed by atoms with Gasteiger partial charge in [-0.05, 0) is 45.2 Å². The molecule has 4 unspecified atom stereocenters. The van der Waals surface area contributed by atoms with E-state index in [1.807, 2.05) is 127 Å². The van der Waals surface area contributed by atoms with E-state index in [2.05, 4.69) is 10.3 Å². The summed E-state index contributed by atoms with van der Waals surface area (Å²) < 4.78 is 0. The summed E-state index contributed by atoms with van der Waals surface area (Å²) in [5.74, 6) is -3.88. The van der Waals surface area contributed by atoms with Crippen LogP contribution in [0.15, 0.2) is 121 Å². The molecule has 2 saturated heterocycles. The Labute approximate surface area is 267 Å². The van der Waals surface area contributed by atoms with Gasteiger partial charge in [0.2, 0.25) is 11.8 Å². The number of hydrogen-bond donors (Lipinski definition) is 2. The second-order valence-electron chi connectivity index (χ2n) is 12.1. The first kappa shape index (κ1) is 29.3. The first-order chi connectivity index (χ1) is 22.4. The number of nitrogens with zero attached hydrogens (tertiary/aromatic N) is 2. The van der Waals surface area contributed by atoms with Crippen LogP contribution in [0.25, 0.3) is 22.9 Å². The Bertz CT molecular complexity index is 1940. The van der Waals surface area contributed by atoms with Gasteiger partial charge in [0.15, 0.2) is 0 Å². The maximum absolute atomic E-state index is 14.2. The lowest BCUT2D eigenvalue weighted by Crippen LogP contribution is -2.57. The second kappa shape index (κ2) is 12.2. The van der Waals surface area contributed by atoms with Crippen molar-refractivity contribution in [2.24, 2.45) is 11.8 Å². The van der Waals surface area contributed by atoms with Crippen molar-refractivity contribution >= 4 is 40.7 Å². The highest BCUT2D eigenvalue weighted by Gasteiger charge is 2.68. The third kappa shape index (κ3) is 5.39. The lowest BCUT2D eigenvalue weighted by Gasteiger charge is -2.31. The van der Waals surface area contributed by atoms with Gasteiger partial charge in [-0.3, -0.25) is 29.6 Å². The van der Waals surface area contributed by atoms with Crippen LogP contribution in [-0.2, 0) is 27.2 Å². The number of carbonyl (C=O) groups is 3. The van der Waals surface area contributed by atoms with Crippen LogP contribution < -0.4 is 5.32 Å². The van der Waals surface area contributed by atoms with E-state index in [9.17, 15) is 19.5 Å². The van der Waals surface area contributed by atoms with Gasteiger partial charge in [-0.25, -0.2) is 0 Å². The first-order valence-corrected chi connectivity index (χ1v) is 15.5. The number of fused-ring (bicyclic) bond motifs is 2. The second-order valence-corrected chi connectivity index (χ2v) is 12.1. The number of hydrogen-bond acceptors (Lipinski definition) is 5. The highest BCUT2D eigenvalue weighted by Crippen LogP contribution is 2.50. The van der Waals surface area contributed by atoms with Crippen LogP contribution in [0.5, 0.6) is 0 Å². The SMILES string of the molecule is O=C1C2C(c3ccc(C=Cc4ccccc4)cc3)NC(Cc3ccc4ccccc4c3)(C(=O)O)C2C(=O)N1CCc1ccccn1. The number of pyridine rings is 1. The summed E-state index contributed by atoms with van der Waals surface area (Å²) in [6, 6.07) is 36.3. The molecule has 4 aromatic carbocycles. The van der Waals surface area contributed by atoms with E-state index in [1.54, 1.807) is 6.20 Å². The Hall–Kier alpha value is -5.40. The molecule has 2 amide bonds. The van der Waals surface area contributed by atoms with Crippen LogP contribution >= 0.6 is 0 Å². The van der Waals surface area contributed by atoms with Crippen LogP contribution in [-0.4, -0.2) is 44.9 Å². The number of nitrogens with one attached hydrogen (secondary N) is 1. The predicted octanol–water partition coefficient (Wildman–Crippen LogP) is 5.96. The number of benzene rings is 4. The van der Waals surface area contributed by atoms with Gasteiger partial charge in [-0.1, -0.05) is 115 Å². The van der Waals surface area contributed by atoms with Crippen molar-refractivity contribution < 1.29 is 19.5 Å². The summed E-state index contributed by atoms with van der Waals surface area (Å²) in [6.07, 6.45) is 6.15. The molecule has 2 fully saturated rings. The number of aromatic nitrogens is 1. The van der Waals surface area contributed by atoms with E-state index >= 15 is 0 Å². The van der Waals surface area contributed by atoms with E-state index in [1.165, 1.54) is 4.90 Å². The predicted molar refractivity (Wildman–Crippen MR) is 177 cm³/mol. The summed E-state index contributed by atoms with van der Waals surface area (Å²) in [7, 11) is 0. The molecule has 7 nitrogen and oxygen atoms in total. The number of imide groups is 1. The molecule has 2 aliphatic rings. The lowest BCUT2D eigenvalue weighted by atomic mass is 9.76. The molecule has 228 valence electrons. The van der Waals surface area contributed by atoms with Crippen molar-refractivity contribution in [1.82, 2.24) is 15.2 Å². The Balaban J connectivity index is 1.24. The van der Waals surface area contributed by atoms with Gasteiger partial charge >= 0.3 is 5.97 Å². The number of amides is 2. The Morgan fingerprint density at radius 3 is 2.22 bits per heavy atom. The third-order valence-corrected chi connectivity index (χ3v) is 9.31. The van der Waals surface area contributed by atoms with Crippen molar-refractivity contribution in [2.75, 3.05) is 6.54 Å². The van der Waals surface area contributed by atoms with Gasteiger partial charge in [0.25, 0.3) is 0 Å². The topological polar surface area (TPSA) is 99.6 Å².